The molecule has 2 saturated heterocycles. The molecule has 0 spiro atoms. The molecule has 2 aliphatic heterocycles. The second-order valence-electron chi connectivity index (χ2n) is 7.87. The molecule has 0 atom stereocenters. The summed E-state index contributed by atoms with van der Waals surface area (Å²) >= 11 is 0. The monoisotopic (exact) mass is 470 g/mol. The van der Waals surface area contributed by atoms with Gasteiger partial charge in [0.15, 0.2) is 0 Å². The lowest BCUT2D eigenvalue weighted by atomic mass is 9.96. The third-order valence-corrected chi connectivity index (χ3v) is 7.87. The van der Waals surface area contributed by atoms with Crippen molar-refractivity contribution in [2.75, 3.05) is 57.8 Å². The number of ether oxygens (including phenoxy) is 1. The van der Waals surface area contributed by atoms with Crippen LogP contribution in [0.3, 0.4) is 0 Å². The van der Waals surface area contributed by atoms with Crippen LogP contribution >= 0.6 is 0 Å². The number of rotatable bonds is 6. The van der Waals surface area contributed by atoms with Gasteiger partial charge in [-0.3, -0.25) is 4.79 Å². The SMILES string of the molecule is CCN(CC)C(=O)N1CCC(C(=O)Nc2ccc(F)c(S(=O)(=O)N3CCOCC3)c2)CC1. The fraction of sp³-hybridized carbons (Fsp3) is 0.619. The van der Waals surface area contributed by atoms with Crippen LogP contribution in [0.25, 0.3) is 0 Å². The lowest BCUT2D eigenvalue weighted by Crippen LogP contribution is -2.47. The van der Waals surface area contributed by atoms with Gasteiger partial charge in [0.25, 0.3) is 0 Å². The maximum atomic E-state index is 14.4. The zero-order chi connectivity index (χ0) is 23.3. The summed E-state index contributed by atoms with van der Waals surface area (Å²) in [6, 6.07) is 3.54. The molecule has 1 N–H and O–H groups in total. The number of piperidine rings is 1. The van der Waals surface area contributed by atoms with E-state index < -0.39 is 20.7 Å². The van der Waals surface area contributed by atoms with Crippen molar-refractivity contribution in [1.29, 1.82) is 0 Å². The molecule has 2 fully saturated rings. The number of benzene rings is 1. The Morgan fingerprint density at radius 3 is 2.34 bits per heavy atom. The first-order valence-corrected chi connectivity index (χ1v) is 12.4. The highest BCUT2D eigenvalue weighted by Crippen LogP contribution is 2.25. The molecule has 0 radical (unpaired) electrons. The predicted molar refractivity (Wildman–Crippen MR) is 117 cm³/mol. The van der Waals surface area contributed by atoms with Crippen LogP contribution in [0.4, 0.5) is 14.9 Å². The van der Waals surface area contributed by atoms with Gasteiger partial charge in [-0.2, -0.15) is 4.31 Å². The number of amides is 3. The maximum absolute atomic E-state index is 14.4. The van der Waals surface area contributed by atoms with Gasteiger partial charge in [-0.25, -0.2) is 17.6 Å². The van der Waals surface area contributed by atoms with E-state index in [4.69, 9.17) is 4.74 Å². The van der Waals surface area contributed by atoms with E-state index in [1.165, 1.54) is 10.4 Å². The number of urea groups is 1. The van der Waals surface area contributed by atoms with Gasteiger partial charge < -0.3 is 19.9 Å². The van der Waals surface area contributed by atoms with Crippen LogP contribution in [0.5, 0.6) is 0 Å². The van der Waals surface area contributed by atoms with Crippen molar-refractivity contribution in [1.82, 2.24) is 14.1 Å². The smallest absolute Gasteiger partial charge is 0.319 e. The molecule has 0 aromatic heterocycles. The third kappa shape index (κ3) is 5.38. The molecule has 0 bridgehead atoms. The zero-order valence-electron chi connectivity index (χ0n) is 18.5. The normalized spacial score (nSPS) is 18.4. The molecule has 0 aliphatic carbocycles. The lowest BCUT2D eigenvalue weighted by Gasteiger charge is -2.34. The quantitative estimate of drug-likeness (QED) is 0.685. The Morgan fingerprint density at radius 1 is 1.12 bits per heavy atom. The van der Waals surface area contributed by atoms with E-state index in [9.17, 15) is 22.4 Å². The molecule has 0 unspecified atom stereocenters. The van der Waals surface area contributed by atoms with E-state index >= 15 is 0 Å². The number of likely N-dealkylation sites (tertiary alicyclic amines) is 1. The van der Waals surface area contributed by atoms with Crippen molar-refractivity contribution in [3.05, 3.63) is 24.0 Å². The zero-order valence-corrected chi connectivity index (χ0v) is 19.4. The molecule has 3 rings (SSSR count). The largest absolute Gasteiger partial charge is 0.379 e. The Balaban J connectivity index is 1.64. The van der Waals surface area contributed by atoms with E-state index in [0.29, 0.717) is 39.0 Å². The van der Waals surface area contributed by atoms with Crippen LogP contribution in [0.1, 0.15) is 26.7 Å². The topological polar surface area (TPSA) is 99.3 Å². The molecule has 0 saturated carbocycles. The van der Waals surface area contributed by atoms with Gasteiger partial charge in [0, 0.05) is 50.9 Å². The predicted octanol–water partition coefficient (Wildman–Crippen LogP) is 1.96. The number of hydrogen-bond donors (Lipinski definition) is 1. The lowest BCUT2D eigenvalue weighted by molar-refractivity contribution is -0.121. The maximum Gasteiger partial charge on any atom is 0.319 e. The first-order chi connectivity index (χ1) is 15.3. The van der Waals surface area contributed by atoms with E-state index in [-0.39, 0.29) is 49.8 Å². The summed E-state index contributed by atoms with van der Waals surface area (Å²) in [5, 5.41) is 2.72. The number of nitrogens with one attached hydrogen (secondary N) is 1. The van der Waals surface area contributed by atoms with Crippen LogP contribution in [0.2, 0.25) is 0 Å². The van der Waals surface area contributed by atoms with Crippen LogP contribution in [0, 0.1) is 11.7 Å². The van der Waals surface area contributed by atoms with Gasteiger partial charge >= 0.3 is 6.03 Å². The minimum Gasteiger partial charge on any atom is -0.379 e. The van der Waals surface area contributed by atoms with Gasteiger partial charge in [0.05, 0.1) is 13.2 Å². The van der Waals surface area contributed by atoms with Gasteiger partial charge in [0.2, 0.25) is 15.9 Å². The minimum atomic E-state index is -4.03. The third-order valence-electron chi connectivity index (χ3n) is 5.96. The Morgan fingerprint density at radius 2 is 1.75 bits per heavy atom. The van der Waals surface area contributed by atoms with Crippen molar-refractivity contribution in [3.8, 4) is 0 Å². The summed E-state index contributed by atoms with van der Waals surface area (Å²) in [4.78, 5) is 28.2. The number of carbonyl (C=O) groups is 2. The molecule has 178 valence electrons. The molecule has 2 heterocycles. The van der Waals surface area contributed by atoms with Crippen LogP contribution < -0.4 is 5.32 Å². The first-order valence-electron chi connectivity index (χ1n) is 11.0. The molecule has 2 aliphatic rings. The first kappa shape index (κ1) is 24.4. The molecular formula is C21H31FN4O5S. The van der Waals surface area contributed by atoms with Crippen LogP contribution in [-0.4, -0.2) is 86.9 Å². The minimum absolute atomic E-state index is 0.0228. The molecule has 3 amide bonds. The molecule has 1 aromatic rings. The molecular weight excluding hydrogens is 439 g/mol. The fourth-order valence-electron chi connectivity index (χ4n) is 3.98. The summed E-state index contributed by atoms with van der Waals surface area (Å²) in [7, 11) is -4.03. The van der Waals surface area contributed by atoms with Crippen molar-refractivity contribution in [2.45, 2.75) is 31.6 Å². The molecule has 9 nitrogen and oxygen atoms in total. The van der Waals surface area contributed by atoms with Crippen molar-refractivity contribution < 1.29 is 27.1 Å². The summed E-state index contributed by atoms with van der Waals surface area (Å²) in [6.45, 7) is 6.91. The van der Waals surface area contributed by atoms with E-state index in [1.54, 1.807) is 9.80 Å². The number of morpholine rings is 1. The molecule has 11 heteroatoms. The summed E-state index contributed by atoms with van der Waals surface area (Å²) in [5.41, 5.74) is 0.227. The standard InChI is InChI=1S/C21H31FN4O5S/c1-3-24(4-2)21(28)25-9-7-16(8-10-25)20(27)23-17-5-6-18(22)19(15-17)32(29,30)26-11-13-31-14-12-26/h5-6,15-16H,3-4,7-14H2,1-2H3,(H,23,27). The number of nitrogens with zero attached hydrogens (tertiary/aromatic N) is 3. The molecule has 1 aromatic carbocycles. The van der Waals surface area contributed by atoms with Gasteiger partial charge in [-0.05, 0) is 44.9 Å². The number of carbonyl (C=O) groups excluding carboxylic acids is 2. The van der Waals surface area contributed by atoms with E-state index in [2.05, 4.69) is 5.32 Å². The van der Waals surface area contributed by atoms with Crippen molar-refractivity contribution >= 4 is 27.6 Å². The molecule has 32 heavy (non-hydrogen) atoms. The summed E-state index contributed by atoms with van der Waals surface area (Å²) < 4.78 is 46.4. The van der Waals surface area contributed by atoms with E-state index in [1.807, 2.05) is 13.8 Å². The Hall–Kier alpha value is -2.24. The van der Waals surface area contributed by atoms with Gasteiger partial charge in [0.1, 0.15) is 10.7 Å². The average Bonchev–Trinajstić information content (AvgIpc) is 2.81. The Kier molecular flexibility index (Phi) is 8.07. The number of halogens is 1. The van der Waals surface area contributed by atoms with Crippen LogP contribution in [-0.2, 0) is 19.6 Å². The van der Waals surface area contributed by atoms with Crippen molar-refractivity contribution in [2.24, 2.45) is 5.92 Å². The number of anilines is 1. The van der Waals surface area contributed by atoms with Gasteiger partial charge in [-0.15, -0.1) is 0 Å². The highest BCUT2D eigenvalue weighted by Gasteiger charge is 2.31. The number of hydrogen-bond acceptors (Lipinski definition) is 5. The summed E-state index contributed by atoms with van der Waals surface area (Å²) in [6.07, 6.45) is 1.03. The Bertz CT molecular complexity index is 924. The second-order valence-corrected chi connectivity index (χ2v) is 9.77. The fourth-order valence-corrected chi connectivity index (χ4v) is 5.47. The average molecular weight is 471 g/mol. The van der Waals surface area contributed by atoms with Crippen molar-refractivity contribution in [3.63, 3.8) is 0 Å². The highest BCUT2D eigenvalue weighted by molar-refractivity contribution is 7.89. The second kappa shape index (κ2) is 10.6. The highest BCUT2D eigenvalue weighted by atomic mass is 32.2. The number of sulfonamides is 1. The van der Waals surface area contributed by atoms with Crippen LogP contribution in [0.15, 0.2) is 23.1 Å². The summed E-state index contributed by atoms with van der Waals surface area (Å²) in [5.74, 6) is -1.43. The van der Waals surface area contributed by atoms with Gasteiger partial charge in [-0.1, -0.05) is 0 Å². The van der Waals surface area contributed by atoms with E-state index in [0.717, 1.165) is 12.1 Å². The Labute approximate surface area is 188 Å².